The average Bonchev–Trinajstić information content (AvgIpc) is 3.40. The molecule has 2 saturated heterocycles. The van der Waals surface area contributed by atoms with Crippen LogP contribution in [0.3, 0.4) is 0 Å². The summed E-state index contributed by atoms with van der Waals surface area (Å²) in [5.41, 5.74) is 2.52. The number of halogens is 3. The normalized spacial score (nSPS) is 17.1. The molecule has 5 heterocycles. The van der Waals surface area contributed by atoms with Crippen molar-refractivity contribution in [2.45, 2.75) is 13.0 Å². The molecule has 0 radical (unpaired) electrons. The van der Waals surface area contributed by atoms with Gasteiger partial charge in [0.2, 0.25) is 0 Å². The van der Waals surface area contributed by atoms with Gasteiger partial charge < -0.3 is 24.3 Å². The number of fused-ring (bicyclic) bond motifs is 1. The Kier molecular flexibility index (Phi) is 8.06. The number of aromatic nitrogens is 4. The van der Waals surface area contributed by atoms with Gasteiger partial charge in [0.1, 0.15) is 17.5 Å². The first-order valence-electron chi connectivity index (χ1n) is 13.9. The summed E-state index contributed by atoms with van der Waals surface area (Å²) in [5.74, 6) is 0.412. The van der Waals surface area contributed by atoms with Crippen molar-refractivity contribution in [2.24, 2.45) is 0 Å². The Morgan fingerprint density at radius 1 is 0.976 bits per heavy atom. The van der Waals surface area contributed by atoms with Gasteiger partial charge in [0.25, 0.3) is 0 Å². The third-order valence-corrected chi connectivity index (χ3v) is 8.47. The van der Waals surface area contributed by atoms with Crippen LogP contribution in [-0.2, 0) is 0 Å². The van der Waals surface area contributed by atoms with E-state index in [-0.39, 0.29) is 11.8 Å². The number of urea groups is 1. The molecule has 2 aliphatic heterocycles. The SMILES string of the molecule is CC(Oc1ccc2[nH]nc(-c3cnc(N4CCN(C(=O)N5CCN(C)CC5)CC4)c(F)c3)c2c1)c1c(Cl)cncc1Cl. The molecule has 6 rings (SSSR count). The van der Waals surface area contributed by atoms with Gasteiger partial charge in [0.05, 0.1) is 15.6 Å². The fourth-order valence-electron chi connectivity index (χ4n) is 5.46. The third kappa shape index (κ3) is 5.68. The molecule has 1 aromatic carbocycles. The number of carbonyl (C=O) groups excluding carboxylic acids is 1. The number of benzene rings is 1. The lowest BCUT2D eigenvalue weighted by Gasteiger charge is -2.40. The number of carbonyl (C=O) groups is 1. The molecule has 0 bridgehead atoms. The van der Waals surface area contributed by atoms with E-state index in [9.17, 15) is 4.79 Å². The Labute approximate surface area is 253 Å². The highest BCUT2D eigenvalue weighted by molar-refractivity contribution is 6.35. The van der Waals surface area contributed by atoms with Crippen LogP contribution in [0.15, 0.2) is 42.9 Å². The van der Waals surface area contributed by atoms with E-state index in [2.05, 4.69) is 32.1 Å². The largest absolute Gasteiger partial charge is 0.486 e. The van der Waals surface area contributed by atoms with E-state index in [1.54, 1.807) is 6.20 Å². The Hall–Kier alpha value is -3.67. The van der Waals surface area contributed by atoms with E-state index < -0.39 is 11.9 Å². The Morgan fingerprint density at radius 3 is 2.31 bits per heavy atom. The zero-order chi connectivity index (χ0) is 29.4. The zero-order valence-electron chi connectivity index (χ0n) is 23.4. The molecule has 10 nitrogen and oxygen atoms in total. The summed E-state index contributed by atoms with van der Waals surface area (Å²) in [4.78, 5) is 29.3. The number of ether oxygens (including phenoxy) is 1. The Balaban J connectivity index is 1.15. The number of nitrogens with one attached hydrogen (secondary N) is 1. The lowest BCUT2D eigenvalue weighted by atomic mass is 10.1. The molecule has 1 atom stereocenters. The summed E-state index contributed by atoms with van der Waals surface area (Å²) in [5, 5.41) is 9.03. The average molecular weight is 614 g/mol. The molecule has 1 N–H and O–H groups in total. The summed E-state index contributed by atoms with van der Waals surface area (Å²) in [7, 11) is 2.06. The predicted octanol–water partition coefficient (Wildman–Crippen LogP) is 5.10. The predicted molar refractivity (Wildman–Crippen MR) is 161 cm³/mol. The highest BCUT2D eigenvalue weighted by Crippen LogP contribution is 2.35. The summed E-state index contributed by atoms with van der Waals surface area (Å²) in [6.45, 7) is 7.14. The van der Waals surface area contributed by atoms with Gasteiger partial charge in [-0.15, -0.1) is 0 Å². The molecule has 0 spiro atoms. The smallest absolute Gasteiger partial charge is 0.320 e. The zero-order valence-corrected chi connectivity index (χ0v) is 24.9. The molecule has 0 saturated carbocycles. The lowest BCUT2D eigenvalue weighted by Crippen LogP contribution is -2.56. The van der Waals surface area contributed by atoms with Crippen LogP contribution >= 0.6 is 23.2 Å². The van der Waals surface area contributed by atoms with Gasteiger partial charge in [0, 0.05) is 87.5 Å². The van der Waals surface area contributed by atoms with Crippen LogP contribution in [0.4, 0.5) is 15.0 Å². The maximum Gasteiger partial charge on any atom is 0.320 e. The summed E-state index contributed by atoms with van der Waals surface area (Å²) in [6.07, 6.45) is 4.25. The molecular formula is C29H31Cl2FN8O2. The van der Waals surface area contributed by atoms with Gasteiger partial charge in [0.15, 0.2) is 11.6 Å². The van der Waals surface area contributed by atoms with Crippen LogP contribution in [0.2, 0.25) is 10.0 Å². The van der Waals surface area contributed by atoms with E-state index in [0.29, 0.717) is 58.8 Å². The van der Waals surface area contributed by atoms with Gasteiger partial charge in [-0.25, -0.2) is 14.2 Å². The minimum Gasteiger partial charge on any atom is -0.486 e. The van der Waals surface area contributed by atoms with Crippen LogP contribution < -0.4 is 9.64 Å². The molecule has 2 aliphatic rings. The molecule has 2 amide bonds. The minimum atomic E-state index is -0.439. The van der Waals surface area contributed by atoms with E-state index in [1.807, 2.05) is 39.8 Å². The fourth-order valence-corrected chi connectivity index (χ4v) is 6.13. The second-order valence-electron chi connectivity index (χ2n) is 10.6. The monoisotopic (exact) mass is 612 g/mol. The van der Waals surface area contributed by atoms with E-state index >= 15 is 4.39 Å². The number of nitrogens with zero attached hydrogens (tertiary/aromatic N) is 7. The summed E-state index contributed by atoms with van der Waals surface area (Å²) >= 11 is 12.6. The number of anilines is 1. The maximum absolute atomic E-state index is 15.4. The van der Waals surface area contributed by atoms with Gasteiger partial charge in [-0.3, -0.25) is 10.1 Å². The molecule has 0 aliphatic carbocycles. The van der Waals surface area contributed by atoms with Gasteiger partial charge in [-0.05, 0) is 38.2 Å². The number of hydrogen-bond acceptors (Lipinski definition) is 7. The number of amides is 2. The second-order valence-corrected chi connectivity index (χ2v) is 11.4. The second kappa shape index (κ2) is 11.9. The molecular weight excluding hydrogens is 582 g/mol. The molecule has 220 valence electrons. The quantitative estimate of drug-likeness (QED) is 0.335. The van der Waals surface area contributed by atoms with Gasteiger partial charge >= 0.3 is 6.03 Å². The fraction of sp³-hybridized carbons (Fsp3) is 0.379. The minimum absolute atomic E-state index is 0.0571. The van der Waals surface area contributed by atoms with Crippen LogP contribution in [0.1, 0.15) is 18.6 Å². The van der Waals surface area contributed by atoms with Crippen molar-refractivity contribution < 1.29 is 13.9 Å². The van der Waals surface area contributed by atoms with Gasteiger partial charge in [-0.1, -0.05) is 23.2 Å². The number of aromatic amines is 1. The molecule has 2 fully saturated rings. The van der Waals surface area contributed by atoms with E-state index in [0.717, 1.165) is 37.1 Å². The van der Waals surface area contributed by atoms with Crippen molar-refractivity contribution in [1.29, 1.82) is 0 Å². The molecule has 1 unspecified atom stereocenters. The van der Waals surface area contributed by atoms with Crippen molar-refractivity contribution in [3.05, 3.63) is 64.3 Å². The number of piperazine rings is 2. The topological polar surface area (TPSA) is 93.7 Å². The van der Waals surface area contributed by atoms with Crippen LogP contribution in [-0.4, -0.2) is 100 Å². The number of H-pyrrole nitrogens is 1. The first kappa shape index (κ1) is 28.4. The molecule has 13 heteroatoms. The van der Waals surface area contributed by atoms with Crippen LogP contribution in [0, 0.1) is 5.82 Å². The van der Waals surface area contributed by atoms with Crippen LogP contribution in [0.25, 0.3) is 22.2 Å². The molecule has 3 aromatic heterocycles. The van der Waals surface area contributed by atoms with Crippen molar-refractivity contribution in [3.63, 3.8) is 0 Å². The Bertz CT molecular complexity index is 1580. The summed E-state index contributed by atoms with van der Waals surface area (Å²) in [6, 6.07) is 7.02. The highest BCUT2D eigenvalue weighted by Gasteiger charge is 2.28. The molecule has 4 aromatic rings. The van der Waals surface area contributed by atoms with Crippen LogP contribution in [0.5, 0.6) is 5.75 Å². The number of rotatable bonds is 5. The lowest BCUT2D eigenvalue weighted by molar-refractivity contribution is 0.120. The third-order valence-electron chi connectivity index (χ3n) is 7.86. The first-order chi connectivity index (χ1) is 20.3. The maximum atomic E-state index is 15.4. The van der Waals surface area contributed by atoms with E-state index in [4.69, 9.17) is 27.9 Å². The Morgan fingerprint density at radius 2 is 1.64 bits per heavy atom. The van der Waals surface area contributed by atoms with Gasteiger partial charge in [-0.2, -0.15) is 5.10 Å². The van der Waals surface area contributed by atoms with Crippen molar-refractivity contribution >= 4 is 46.0 Å². The highest BCUT2D eigenvalue weighted by atomic mass is 35.5. The number of hydrogen-bond donors (Lipinski definition) is 1. The standard InChI is InChI=1S/C29H31Cl2FN8O2/c1-18(26-22(30)16-33-17-23(26)31)42-20-3-4-25-21(14-20)27(36-35-25)19-13-24(32)28(34-15-19)38-9-11-40(12-10-38)29(41)39-7-5-37(2)6-8-39/h3-4,13-18H,5-12H2,1-2H3,(H,35,36). The van der Waals surface area contributed by atoms with E-state index in [1.165, 1.54) is 18.5 Å². The van der Waals surface area contributed by atoms with Crippen molar-refractivity contribution in [1.82, 2.24) is 34.9 Å². The summed E-state index contributed by atoms with van der Waals surface area (Å²) < 4.78 is 21.6. The van der Waals surface area contributed by atoms with Crippen molar-refractivity contribution in [3.8, 4) is 17.0 Å². The number of likely N-dealkylation sites (N-methyl/N-ethyl adjacent to an activating group) is 1. The van der Waals surface area contributed by atoms with Crippen molar-refractivity contribution in [2.75, 3.05) is 64.3 Å². The molecule has 42 heavy (non-hydrogen) atoms. The first-order valence-corrected chi connectivity index (χ1v) is 14.6. The number of pyridine rings is 2.